The van der Waals surface area contributed by atoms with Crippen LogP contribution in [0.3, 0.4) is 0 Å². The molecule has 152 valence electrons. The van der Waals surface area contributed by atoms with Gasteiger partial charge in [-0.15, -0.1) is 0 Å². The first-order valence-electron chi connectivity index (χ1n) is 9.33. The van der Waals surface area contributed by atoms with Crippen molar-refractivity contribution in [2.75, 3.05) is 11.9 Å². The molecule has 3 aromatic carbocycles. The number of aromatic nitrogens is 1. The van der Waals surface area contributed by atoms with Gasteiger partial charge in [0.25, 0.3) is 0 Å². The van der Waals surface area contributed by atoms with Crippen LogP contribution in [0.2, 0.25) is 0 Å². The molecule has 0 aliphatic heterocycles. The van der Waals surface area contributed by atoms with Crippen molar-refractivity contribution < 1.29 is 18.0 Å². The van der Waals surface area contributed by atoms with Crippen LogP contribution in [0.4, 0.5) is 18.9 Å². The van der Waals surface area contributed by atoms with E-state index in [0.29, 0.717) is 6.54 Å². The van der Waals surface area contributed by atoms with Gasteiger partial charge in [0.1, 0.15) is 0 Å². The quantitative estimate of drug-likeness (QED) is 0.394. The van der Waals surface area contributed by atoms with Crippen LogP contribution in [-0.2, 0) is 11.3 Å². The van der Waals surface area contributed by atoms with E-state index in [9.17, 15) is 18.0 Å². The van der Waals surface area contributed by atoms with Gasteiger partial charge in [0.15, 0.2) is 17.5 Å². The molecule has 0 saturated carbocycles. The van der Waals surface area contributed by atoms with E-state index >= 15 is 0 Å². The summed E-state index contributed by atoms with van der Waals surface area (Å²) in [5, 5.41) is 6.31. The van der Waals surface area contributed by atoms with E-state index in [1.807, 2.05) is 54.6 Å². The van der Waals surface area contributed by atoms with Gasteiger partial charge in [-0.05, 0) is 29.3 Å². The SMILES string of the molecule is O=C(CNCc1c(-c2ccccc2)[nH]c2ccccc12)Nc1ccc(F)c(F)c1F. The molecule has 7 heteroatoms. The van der Waals surface area contributed by atoms with E-state index in [1.165, 1.54) is 0 Å². The zero-order valence-corrected chi connectivity index (χ0v) is 15.8. The Morgan fingerprint density at radius 3 is 2.40 bits per heavy atom. The molecule has 4 rings (SSSR count). The molecular formula is C23H18F3N3O. The molecule has 1 amide bonds. The first-order valence-corrected chi connectivity index (χ1v) is 9.33. The topological polar surface area (TPSA) is 56.9 Å². The number of halogens is 3. The minimum Gasteiger partial charge on any atom is -0.354 e. The van der Waals surface area contributed by atoms with Crippen LogP contribution >= 0.6 is 0 Å². The number of carbonyl (C=O) groups is 1. The third kappa shape index (κ3) is 3.92. The number of fused-ring (bicyclic) bond motifs is 1. The second-order valence-corrected chi connectivity index (χ2v) is 6.76. The number of carbonyl (C=O) groups excluding carboxylic acids is 1. The third-order valence-corrected chi connectivity index (χ3v) is 4.77. The van der Waals surface area contributed by atoms with Crippen LogP contribution in [0, 0.1) is 17.5 Å². The highest BCUT2D eigenvalue weighted by Crippen LogP contribution is 2.30. The normalized spacial score (nSPS) is 11.0. The molecule has 4 aromatic rings. The highest BCUT2D eigenvalue weighted by Gasteiger charge is 2.16. The molecule has 4 nitrogen and oxygen atoms in total. The number of hydrogen-bond acceptors (Lipinski definition) is 2. The predicted octanol–water partition coefficient (Wildman–Crippen LogP) is 4.98. The van der Waals surface area contributed by atoms with E-state index in [1.54, 1.807) is 0 Å². The summed E-state index contributed by atoms with van der Waals surface area (Å²) in [6.45, 7) is 0.244. The Kier molecular flexibility index (Phi) is 5.54. The number of aromatic amines is 1. The van der Waals surface area contributed by atoms with Gasteiger partial charge in [-0.3, -0.25) is 4.79 Å². The van der Waals surface area contributed by atoms with Gasteiger partial charge >= 0.3 is 0 Å². The molecule has 0 aliphatic carbocycles. The number of amides is 1. The third-order valence-electron chi connectivity index (χ3n) is 4.77. The van der Waals surface area contributed by atoms with Crippen molar-refractivity contribution in [3.8, 4) is 11.3 Å². The number of rotatable bonds is 6. The summed E-state index contributed by atoms with van der Waals surface area (Å²) in [5.74, 6) is -4.92. The molecule has 0 unspecified atom stereocenters. The van der Waals surface area contributed by atoms with Crippen molar-refractivity contribution in [1.29, 1.82) is 0 Å². The first-order chi connectivity index (χ1) is 14.5. The van der Waals surface area contributed by atoms with E-state index in [4.69, 9.17) is 0 Å². The van der Waals surface area contributed by atoms with Gasteiger partial charge in [0, 0.05) is 17.4 Å². The molecule has 1 aromatic heterocycles. The minimum absolute atomic E-state index is 0.133. The predicted molar refractivity (Wildman–Crippen MR) is 110 cm³/mol. The highest BCUT2D eigenvalue weighted by molar-refractivity contribution is 5.93. The number of hydrogen-bond donors (Lipinski definition) is 3. The van der Waals surface area contributed by atoms with Crippen LogP contribution in [0.1, 0.15) is 5.56 Å². The fourth-order valence-electron chi connectivity index (χ4n) is 3.35. The van der Waals surface area contributed by atoms with Crippen LogP contribution in [0.15, 0.2) is 66.7 Å². The van der Waals surface area contributed by atoms with Gasteiger partial charge in [-0.2, -0.15) is 0 Å². The minimum atomic E-state index is -1.62. The van der Waals surface area contributed by atoms with Crippen molar-refractivity contribution >= 4 is 22.5 Å². The molecular weight excluding hydrogens is 391 g/mol. The standard InChI is InChI=1S/C23H18F3N3O/c24-17-10-11-19(22(26)21(17)25)28-20(30)13-27-12-16-15-8-4-5-9-18(15)29-23(16)14-6-2-1-3-7-14/h1-11,27,29H,12-13H2,(H,28,30). The molecule has 0 bridgehead atoms. The van der Waals surface area contributed by atoms with Crippen molar-refractivity contribution in [2.45, 2.75) is 6.54 Å². The number of para-hydroxylation sites is 1. The van der Waals surface area contributed by atoms with Crippen LogP contribution in [-0.4, -0.2) is 17.4 Å². The average Bonchev–Trinajstić information content (AvgIpc) is 3.13. The van der Waals surface area contributed by atoms with E-state index in [0.717, 1.165) is 39.9 Å². The Balaban J connectivity index is 1.49. The van der Waals surface area contributed by atoms with Crippen LogP contribution in [0.5, 0.6) is 0 Å². The average molecular weight is 409 g/mol. The van der Waals surface area contributed by atoms with Gasteiger partial charge in [0.2, 0.25) is 5.91 Å². The van der Waals surface area contributed by atoms with Gasteiger partial charge in [0.05, 0.1) is 17.9 Å². The molecule has 0 atom stereocenters. The van der Waals surface area contributed by atoms with Gasteiger partial charge in [-0.1, -0.05) is 48.5 Å². The van der Waals surface area contributed by atoms with Crippen LogP contribution in [0.25, 0.3) is 22.2 Å². The summed E-state index contributed by atoms with van der Waals surface area (Å²) in [6.07, 6.45) is 0. The zero-order chi connectivity index (χ0) is 21.1. The fourth-order valence-corrected chi connectivity index (χ4v) is 3.35. The number of benzene rings is 3. The zero-order valence-electron chi connectivity index (χ0n) is 15.8. The van der Waals surface area contributed by atoms with E-state index in [-0.39, 0.29) is 6.54 Å². The van der Waals surface area contributed by atoms with Crippen molar-refractivity contribution in [1.82, 2.24) is 10.3 Å². The Morgan fingerprint density at radius 2 is 1.60 bits per heavy atom. The number of H-pyrrole nitrogens is 1. The molecule has 1 heterocycles. The Morgan fingerprint density at radius 1 is 0.867 bits per heavy atom. The summed E-state index contributed by atoms with van der Waals surface area (Å²) in [7, 11) is 0. The number of anilines is 1. The maximum atomic E-state index is 13.7. The Hall–Kier alpha value is -3.58. The highest BCUT2D eigenvalue weighted by atomic mass is 19.2. The molecule has 3 N–H and O–H groups in total. The molecule has 0 fully saturated rings. The summed E-state index contributed by atoms with van der Waals surface area (Å²) < 4.78 is 40.1. The monoisotopic (exact) mass is 409 g/mol. The van der Waals surface area contributed by atoms with Gasteiger partial charge < -0.3 is 15.6 Å². The second kappa shape index (κ2) is 8.42. The lowest BCUT2D eigenvalue weighted by Gasteiger charge is -2.09. The Labute approximate surface area is 170 Å². The lowest BCUT2D eigenvalue weighted by Crippen LogP contribution is -2.28. The van der Waals surface area contributed by atoms with E-state index < -0.39 is 29.0 Å². The second-order valence-electron chi connectivity index (χ2n) is 6.76. The van der Waals surface area contributed by atoms with Crippen molar-refractivity contribution in [2.24, 2.45) is 0 Å². The lowest BCUT2D eigenvalue weighted by molar-refractivity contribution is -0.115. The maximum Gasteiger partial charge on any atom is 0.238 e. The first kappa shape index (κ1) is 19.7. The molecule has 0 aliphatic rings. The molecule has 30 heavy (non-hydrogen) atoms. The molecule has 0 saturated heterocycles. The largest absolute Gasteiger partial charge is 0.354 e. The fraction of sp³-hybridized carbons (Fsp3) is 0.0870. The van der Waals surface area contributed by atoms with Crippen molar-refractivity contribution in [3.63, 3.8) is 0 Å². The molecule has 0 radical (unpaired) electrons. The maximum absolute atomic E-state index is 13.7. The Bertz CT molecular complexity index is 1210. The van der Waals surface area contributed by atoms with Crippen LogP contribution < -0.4 is 10.6 Å². The summed E-state index contributed by atoms with van der Waals surface area (Å²) in [6, 6.07) is 19.4. The summed E-state index contributed by atoms with van der Waals surface area (Å²) in [4.78, 5) is 15.6. The van der Waals surface area contributed by atoms with Gasteiger partial charge in [-0.25, -0.2) is 13.2 Å². The molecule has 0 spiro atoms. The number of nitrogens with one attached hydrogen (secondary N) is 3. The smallest absolute Gasteiger partial charge is 0.238 e. The summed E-state index contributed by atoms with van der Waals surface area (Å²) in [5.41, 5.74) is 3.51. The van der Waals surface area contributed by atoms with Crippen molar-refractivity contribution in [3.05, 3.63) is 89.7 Å². The lowest BCUT2D eigenvalue weighted by atomic mass is 10.1. The summed E-state index contributed by atoms with van der Waals surface area (Å²) >= 11 is 0. The van der Waals surface area contributed by atoms with E-state index in [2.05, 4.69) is 15.6 Å².